The molecule has 8 heterocycles. The molecule has 2 aliphatic heterocycles. The number of aryl methyl sites for hydroxylation is 2. The third kappa shape index (κ3) is 17.8. The van der Waals surface area contributed by atoms with E-state index in [1.165, 1.54) is 31.7 Å². The van der Waals surface area contributed by atoms with E-state index < -0.39 is 5.97 Å². The van der Waals surface area contributed by atoms with Gasteiger partial charge in [0.1, 0.15) is 28.8 Å². The fourth-order valence-electron chi connectivity index (χ4n) is 8.62. The first-order valence-corrected chi connectivity index (χ1v) is 27.0. The first kappa shape index (κ1) is 62.7. The number of carbonyl (C=O) groups is 5. The van der Waals surface area contributed by atoms with E-state index >= 15 is 0 Å². The second-order valence-corrected chi connectivity index (χ2v) is 20.4. The number of hydrogen-bond acceptors (Lipinski definition) is 20. The minimum atomic E-state index is -1.09. The second-order valence-electron chi connectivity index (χ2n) is 20.4. The van der Waals surface area contributed by atoms with Crippen molar-refractivity contribution >= 4 is 75.3 Å². The van der Waals surface area contributed by atoms with Gasteiger partial charge in [0, 0.05) is 137 Å². The van der Waals surface area contributed by atoms with E-state index in [-0.39, 0.29) is 48.6 Å². The van der Waals surface area contributed by atoms with Gasteiger partial charge in [0.05, 0.1) is 25.3 Å². The van der Waals surface area contributed by atoms with Crippen LogP contribution in [0.4, 0.5) is 16.4 Å². The third-order valence-corrected chi connectivity index (χ3v) is 13.0. The van der Waals surface area contributed by atoms with E-state index in [0.717, 1.165) is 66.7 Å². The van der Waals surface area contributed by atoms with Gasteiger partial charge in [-0.15, -0.1) is 0 Å². The van der Waals surface area contributed by atoms with Gasteiger partial charge < -0.3 is 60.1 Å². The molecule has 10 rings (SSSR count). The van der Waals surface area contributed by atoms with E-state index in [1.54, 1.807) is 90.2 Å². The Balaban J connectivity index is 0.000000201. The number of nitrogens with one attached hydrogen (secondary N) is 2. The van der Waals surface area contributed by atoms with Crippen LogP contribution < -0.4 is 31.6 Å². The molecule has 0 atom stereocenters. The standard InChI is InChI=1S/C28H28N6O4.C24H20N4O5.C9H18N2O2.CH4/c1-37-24-14-20(27-32-16-21(17-33-27)28(36)34-10-8-30-9-11-34)12-19-13-23(38-26(19)24)6-5-22(35)4-2-18-3-7-25(29)31-15-18;1-32-20-10-16(23-27-12-17(13-28-23)24(30)31)8-15-9-19(33-22(15)20)6-5-18(29)4-2-14-3-7-21(25)26-11-14;1-9(2,3)13-8(12)11-6-4-10-5-7-11;/h2-4,7,12-17,30H,5-6,8-11H2,1H3,(H2,29,31);2-4,7-13H,5-6H2,1H3,(H2,25,26)(H,30,31);10H,4-7H2,1-3H3;1H4/b2*4-2+;;. The number of pyridine rings is 2. The minimum absolute atomic E-state index is 0. The van der Waals surface area contributed by atoms with Crippen LogP contribution >= 0.6 is 0 Å². The van der Waals surface area contributed by atoms with Gasteiger partial charge in [-0.1, -0.05) is 7.43 Å². The number of rotatable bonds is 16. The first-order chi connectivity index (χ1) is 40.4. The molecule has 6 aromatic heterocycles. The normalized spacial score (nSPS) is 13.3. The van der Waals surface area contributed by atoms with Crippen LogP contribution in [-0.2, 0) is 27.2 Å². The number of benzene rings is 2. The van der Waals surface area contributed by atoms with Crippen LogP contribution in [0.15, 0.2) is 119 Å². The molecule has 85 heavy (non-hydrogen) atoms. The number of carboxylic acid groups (broad SMARTS) is 1. The summed E-state index contributed by atoms with van der Waals surface area (Å²) in [6.07, 6.45) is 16.5. The van der Waals surface area contributed by atoms with Crippen LogP contribution in [0.3, 0.4) is 0 Å². The quantitative estimate of drug-likeness (QED) is 0.0567. The molecule has 2 saturated heterocycles. The van der Waals surface area contributed by atoms with Crippen LogP contribution in [0.1, 0.15) is 84.4 Å². The Kier molecular flexibility index (Phi) is 21.7. The molecule has 444 valence electrons. The maximum atomic E-state index is 12.7. The number of nitrogens with two attached hydrogens (primary N) is 2. The summed E-state index contributed by atoms with van der Waals surface area (Å²) in [5.41, 5.74) is 15.3. The van der Waals surface area contributed by atoms with Crippen molar-refractivity contribution in [3.8, 4) is 34.3 Å². The highest BCUT2D eigenvalue weighted by molar-refractivity contribution is 5.96. The minimum Gasteiger partial charge on any atom is -0.493 e. The number of nitrogen functional groups attached to an aromatic ring is 2. The van der Waals surface area contributed by atoms with E-state index in [9.17, 15) is 24.0 Å². The van der Waals surface area contributed by atoms with Gasteiger partial charge >= 0.3 is 12.1 Å². The Labute approximate surface area is 491 Å². The molecule has 23 heteroatoms. The number of piperazine rings is 2. The number of hydrogen-bond donors (Lipinski definition) is 5. The molecule has 2 aromatic carbocycles. The number of nitrogens with zero attached hydrogens (tertiary/aromatic N) is 8. The summed E-state index contributed by atoms with van der Waals surface area (Å²) < 4.78 is 28.2. The predicted molar refractivity (Wildman–Crippen MR) is 323 cm³/mol. The lowest BCUT2D eigenvalue weighted by molar-refractivity contribution is -0.115. The number of amides is 2. The number of aromatic carboxylic acids is 1. The second kappa shape index (κ2) is 29.4. The first-order valence-electron chi connectivity index (χ1n) is 27.0. The summed E-state index contributed by atoms with van der Waals surface area (Å²) in [6, 6.07) is 17.9. The van der Waals surface area contributed by atoms with E-state index in [2.05, 4.69) is 40.5 Å². The highest BCUT2D eigenvalue weighted by Gasteiger charge is 2.24. The number of methoxy groups -OCH3 is 2. The van der Waals surface area contributed by atoms with Crippen molar-refractivity contribution in [3.05, 3.63) is 144 Å². The van der Waals surface area contributed by atoms with Crippen LogP contribution in [0, 0.1) is 0 Å². The summed E-state index contributed by atoms with van der Waals surface area (Å²) in [6.45, 7) is 11.8. The summed E-state index contributed by atoms with van der Waals surface area (Å²) >= 11 is 0. The van der Waals surface area contributed by atoms with Crippen molar-refractivity contribution in [1.29, 1.82) is 0 Å². The Bertz CT molecular complexity index is 3640. The van der Waals surface area contributed by atoms with Gasteiger partial charge in [-0.25, -0.2) is 39.5 Å². The van der Waals surface area contributed by atoms with Crippen LogP contribution in [0.25, 0.3) is 56.9 Å². The largest absolute Gasteiger partial charge is 0.493 e. The molecule has 7 N–H and O–H groups in total. The van der Waals surface area contributed by atoms with Gasteiger partial charge in [-0.3, -0.25) is 14.4 Å². The maximum absolute atomic E-state index is 12.7. The molecule has 0 unspecified atom stereocenters. The molecule has 0 radical (unpaired) electrons. The number of ether oxygens (including phenoxy) is 3. The van der Waals surface area contributed by atoms with Crippen molar-refractivity contribution in [2.45, 2.75) is 59.5 Å². The van der Waals surface area contributed by atoms with Gasteiger partial charge in [0.2, 0.25) is 0 Å². The maximum Gasteiger partial charge on any atom is 0.410 e. The number of furan rings is 2. The zero-order valence-electron chi connectivity index (χ0n) is 47.3. The Morgan fingerprint density at radius 2 is 1.02 bits per heavy atom. The molecule has 2 aliphatic rings. The van der Waals surface area contributed by atoms with Crippen molar-refractivity contribution in [3.63, 3.8) is 0 Å². The fraction of sp³-hybridized carbons (Fsp3) is 0.306. The molecule has 0 bridgehead atoms. The van der Waals surface area contributed by atoms with Crippen molar-refractivity contribution < 1.29 is 52.1 Å². The molecule has 0 aliphatic carbocycles. The van der Waals surface area contributed by atoms with Gasteiger partial charge in [0.15, 0.2) is 45.9 Å². The number of allylic oxidation sites excluding steroid dienone is 2. The van der Waals surface area contributed by atoms with Crippen LogP contribution in [0.2, 0.25) is 0 Å². The summed E-state index contributed by atoms with van der Waals surface area (Å²) in [4.78, 5) is 88.5. The lowest BCUT2D eigenvalue weighted by Gasteiger charge is -2.30. The number of carboxylic acids is 1. The molecule has 2 fully saturated rings. The molecule has 2 amide bonds. The molecule has 23 nitrogen and oxygen atoms in total. The highest BCUT2D eigenvalue weighted by atomic mass is 16.6. The third-order valence-electron chi connectivity index (χ3n) is 13.0. The Hall–Kier alpha value is -9.87. The van der Waals surface area contributed by atoms with Gasteiger partial charge in [-0.05, 0) is 117 Å². The summed E-state index contributed by atoms with van der Waals surface area (Å²) in [7, 11) is 3.09. The number of carbonyl (C=O) groups excluding carboxylic acids is 4. The monoisotopic (exact) mass is 1160 g/mol. The highest BCUT2D eigenvalue weighted by Crippen LogP contribution is 2.35. The number of fused-ring (bicyclic) bond motifs is 2. The molecule has 8 aromatic rings. The average molecular weight is 1160 g/mol. The number of ketones is 2. The molecular formula is C62H70N12O11. The molecule has 0 spiro atoms. The van der Waals surface area contributed by atoms with Crippen LogP contribution in [-0.4, -0.2) is 147 Å². The summed E-state index contributed by atoms with van der Waals surface area (Å²) in [5.74, 6) is 2.78. The average Bonchev–Trinajstić information content (AvgIpc) is 4.13. The van der Waals surface area contributed by atoms with Crippen molar-refractivity contribution in [2.75, 3.05) is 78.0 Å². The lowest BCUT2D eigenvalue weighted by atomic mass is 10.1. The smallest absolute Gasteiger partial charge is 0.410 e. The van der Waals surface area contributed by atoms with E-state index in [4.69, 9.17) is 39.6 Å². The van der Waals surface area contributed by atoms with Crippen molar-refractivity contribution in [1.82, 2.24) is 50.3 Å². The van der Waals surface area contributed by atoms with Gasteiger partial charge in [-0.2, -0.15) is 0 Å². The Morgan fingerprint density at radius 3 is 1.41 bits per heavy atom. The zero-order chi connectivity index (χ0) is 59.8. The molecular weight excluding hydrogens is 1090 g/mol. The van der Waals surface area contributed by atoms with E-state index in [0.29, 0.717) is 101 Å². The zero-order valence-corrected chi connectivity index (χ0v) is 47.3. The van der Waals surface area contributed by atoms with Crippen LogP contribution in [0.5, 0.6) is 11.5 Å². The summed E-state index contributed by atoms with van der Waals surface area (Å²) in [5, 5.41) is 17.0. The number of aromatic nitrogens is 6. The Morgan fingerprint density at radius 1 is 0.600 bits per heavy atom. The lowest BCUT2D eigenvalue weighted by Crippen LogP contribution is -2.48. The number of anilines is 2. The van der Waals surface area contributed by atoms with E-state index in [1.807, 2.05) is 45.0 Å². The SMILES string of the molecule is C.CC(C)(C)OC(=O)N1CCNCC1.COc1cc(-c2ncc(C(=O)N3CCNCC3)cn2)cc2cc(CCC(=O)/C=C/c3ccc(N)nc3)oc12.COc1cc(-c2ncc(C(=O)O)cn2)cc2cc(CCC(=O)/C=C/c3ccc(N)nc3)oc12. The molecule has 0 saturated carbocycles. The topological polar surface area (TPSA) is 319 Å². The fourth-order valence-corrected chi connectivity index (χ4v) is 8.62. The van der Waals surface area contributed by atoms with Crippen molar-refractivity contribution in [2.24, 2.45) is 0 Å². The van der Waals surface area contributed by atoms with Gasteiger partial charge in [0.25, 0.3) is 5.91 Å². The predicted octanol–water partition coefficient (Wildman–Crippen LogP) is 8.39.